The van der Waals surface area contributed by atoms with E-state index in [1.165, 1.54) is 11.1 Å². The molecule has 0 aromatic heterocycles. The predicted molar refractivity (Wildman–Crippen MR) is 105 cm³/mol. The van der Waals surface area contributed by atoms with E-state index in [1.807, 2.05) is 0 Å². The topological polar surface area (TPSA) is 35.6 Å². The van der Waals surface area contributed by atoms with Gasteiger partial charge in [0.1, 0.15) is 0 Å². The molecule has 140 valence electrons. The SMILES string of the molecule is CCC(C)(C)NC(=O)CN1CCN(Cc2ccc(C(C)C)cc2)CC1. The van der Waals surface area contributed by atoms with Gasteiger partial charge in [0.15, 0.2) is 0 Å². The molecule has 4 heteroatoms. The Bertz CT molecular complexity index is 543. The van der Waals surface area contributed by atoms with Crippen molar-refractivity contribution in [2.45, 2.75) is 59.0 Å². The summed E-state index contributed by atoms with van der Waals surface area (Å²) in [6, 6.07) is 9.00. The highest BCUT2D eigenvalue weighted by Crippen LogP contribution is 2.16. The summed E-state index contributed by atoms with van der Waals surface area (Å²) in [6.45, 7) is 16.2. The highest BCUT2D eigenvalue weighted by molar-refractivity contribution is 5.78. The standard InChI is InChI=1S/C21H35N3O/c1-6-21(4,5)22-20(25)16-24-13-11-23(12-14-24)15-18-7-9-19(10-8-18)17(2)3/h7-10,17H,6,11-16H2,1-5H3,(H,22,25). The van der Waals surface area contributed by atoms with Crippen molar-refractivity contribution in [2.24, 2.45) is 0 Å². The summed E-state index contributed by atoms with van der Waals surface area (Å²) in [5, 5.41) is 3.12. The van der Waals surface area contributed by atoms with Gasteiger partial charge in [0.25, 0.3) is 0 Å². The summed E-state index contributed by atoms with van der Waals surface area (Å²) in [7, 11) is 0. The molecule has 1 aliphatic rings. The first-order valence-electron chi connectivity index (χ1n) is 9.63. The zero-order valence-electron chi connectivity index (χ0n) is 16.6. The van der Waals surface area contributed by atoms with E-state index in [0.29, 0.717) is 12.5 Å². The molecule has 1 fully saturated rings. The fourth-order valence-electron chi connectivity index (χ4n) is 3.08. The van der Waals surface area contributed by atoms with Gasteiger partial charge in [-0.3, -0.25) is 14.6 Å². The van der Waals surface area contributed by atoms with Crippen LogP contribution in [0.2, 0.25) is 0 Å². The highest BCUT2D eigenvalue weighted by Gasteiger charge is 2.22. The molecule has 0 atom stereocenters. The summed E-state index contributed by atoms with van der Waals surface area (Å²) in [6.07, 6.45) is 0.947. The molecule has 25 heavy (non-hydrogen) atoms. The zero-order valence-corrected chi connectivity index (χ0v) is 16.6. The van der Waals surface area contributed by atoms with Crippen LogP contribution in [0.5, 0.6) is 0 Å². The largest absolute Gasteiger partial charge is 0.350 e. The molecule has 0 bridgehead atoms. The summed E-state index contributed by atoms with van der Waals surface area (Å²) in [5.41, 5.74) is 2.66. The Morgan fingerprint density at radius 3 is 2.16 bits per heavy atom. The lowest BCUT2D eigenvalue weighted by atomic mass is 10.0. The number of benzene rings is 1. The molecule has 1 aromatic carbocycles. The van der Waals surface area contributed by atoms with Gasteiger partial charge in [0.2, 0.25) is 5.91 Å². The molecule has 0 unspecified atom stereocenters. The van der Waals surface area contributed by atoms with Crippen molar-refractivity contribution in [3.63, 3.8) is 0 Å². The van der Waals surface area contributed by atoms with Gasteiger partial charge in [-0.15, -0.1) is 0 Å². The van der Waals surface area contributed by atoms with Crippen molar-refractivity contribution >= 4 is 5.91 Å². The fraction of sp³-hybridized carbons (Fsp3) is 0.667. The van der Waals surface area contributed by atoms with Crippen LogP contribution in [0, 0.1) is 0 Å². The third-order valence-corrected chi connectivity index (χ3v) is 5.25. The van der Waals surface area contributed by atoms with Crippen LogP contribution in [0.25, 0.3) is 0 Å². The Morgan fingerprint density at radius 1 is 1.08 bits per heavy atom. The van der Waals surface area contributed by atoms with E-state index in [4.69, 9.17) is 0 Å². The van der Waals surface area contributed by atoms with Crippen LogP contribution in [0.15, 0.2) is 24.3 Å². The number of carbonyl (C=O) groups excluding carboxylic acids is 1. The van der Waals surface area contributed by atoms with Crippen molar-refractivity contribution in [1.29, 1.82) is 0 Å². The summed E-state index contributed by atoms with van der Waals surface area (Å²) >= 11 is 0. The number of hydrogen-bond acceptors (Lipinski definition) is 3. The van der Waals surface area contributed by atoms with Crippen molar-refractivity contribution in [1.82, 2.24) is 15.1 Å². The Balaban J connectivity index is 1.75. The van der Waals surface area contributed by atoms with Crippen LogP contribution in [-0.4, -0.2) is 54.0 Å². The Hall–Kier alpha value is -1.39. The molecular formula is C21H35N3O. The van der Waals surface area contributed by atoms with E-state index < -0.39 is 0 Å². The number of nitrogens with one attached hydrogen (secondary N) is 1. The molecule has 4 nitrogen and oxygen atoms in total. The minimum absolute atomic E-state index is 0.110. The minimum atomic E-state index is -0.110. The molecule has 1 aliphatic heterocycles. The Morgan fingerprint density at radius 2 is 1.64 bits per heavy atom. The maximum Gasteiger partial charge on any atom is 0.234 e. The Labute approximate surface area is 153 Å². The van der Waals surface area contributed by atoms with E-state index in [-0.39, 0.29) is 11.4 Å². The monoisotopic (exact) mass is 345 g/mol. The molecule has 0 spiro atoms. The number of rotatable bonds is 7. The van der Waals surface area contributed by atoms with Gasteiger partial charge in [-0.1, -0.05) is 45.0 Å². The number of piperazine rings is 1. The molecule has 1 aromatic rings. The zero-order chi connectivity index (χ0) is 18.4. The minimum Gasteiger partial charge on any atom is -0.350 e. The van der Waals surface area contributed by atoms with Gasteiger partial charge in [0, 0.05) is 38.3 Å². The van der Waals surface area contributed by atoms with Gasteiger partial charge in [0.05, 0.1) is 6.54 Å². The third kappa shape index (κ3) is 6.44. The normalized spacial score (nSPS) is 17.0. The summed E-state index contributed by atoms with van der Waals surface area (Å²) in [5.74, 6) is 0.728. The molecule has 0 aliphatic carbocycles. The fourth-order valence-corrected chi connectivity index (χ4v) is 3.08. The van der Waals surface area contributed by atoms with Crippen LogP contribution in [0.3, 0.4) is 0 Å². The van der Waals surface area contributed by atoms with Crippen molar-refractivity contribution in [2.75, 3.05) is 32.7 Å². The van der Waals surface area contributed by atoms with E-state index in [2.05, 4.69) is 74.0 Å². The first-order valence-corrected chi connectivity index (χ1v) is 9.63. The predicted octanol–water partition coefficient (Wildman–Crippen LogP) is 3.23. The first-order chi connectivity index (χ1) is 11.8. The molecule has 1 amide bonds. The second-order valence-corrected chi connectivity index (χ2v) is 8.23. The van der Waals surface area contributed by atoms with E-state index in [0.717, 1.165) is 39.1 Å². The van der Waals surface area contributed by atoms with Crippen molar-refractivity contribution < 1.29 is 4.79 Å². The summed E-state index contributed by atoms with van der Waals surface area (Å²) < 4.78 is 0. The second kappa shape index (κ2) is 8.81. The lowest BCUT2D eigenvalue weighted by Gasteiger charge is -2.35. The Kier molecular flexibility index (Phi) is 7.03. The number of nitrogens with zero attached hydrogens (tertiary/aromatic N) is 2. The lowest BCUT2D eigenvalue weighted by molar-refractivity contribution is -0.124. The first kappa shape index (κ1) is 19.9. The van der Waals surface area contributed by atoms with E-state index in [1.54, 1.807) is 0 Å². The molecule has 0 saturated carbocycles. The van der Waals surface area contributed by atoms with Gasteiger partial charge in [-0.05, 0) is 37.3 Å². The highest BCUT2D eigenvalue weighted by atomic mass is 16.2. The number of hydrogen-bond donors (Lipinski definition) is 1. The number of carbonyl (C=O) groups is 1. The molecule has 1 heterocycles. The molecular weight excluding hydrogens is 310 g/mol. The van der Waals surface area contributed by atoms with E-state index in [9.17, 15) is 4.79 Å². The third-order valence-electron chi connectivity index (χ3n) is 5.25. The molecule has 0 radical (unpaired) electrons. The van der Waals surface area contributed by atoms with E-state index >= 15 is 0 Å². The van der Waals surface area contributed by atoms with Gasteiger partial charge >= 0.3 is 0 Å². The smallest absolute Gasteiger partial charge is 0.234 e. The van der Waals surface area contributed by atoms with Gasteiger partial charge in [-0.25, -0.2) is 0 Å². The van der Waals surface area contributed by atoms with Crippen LogP contribution in [0.4, 0.5) is 0 Å². The lowest BCUT2D eigenvalue weighted by Crippen LogP contribution is -2.52. The van der Waals surface area contributed by atoms with Crippen LogP contribution in [0.1, 0.15) is 58.1 Å². The quantitative estimate of drug-likeness (QED) is 0.824. The molecule has 1 saturated heterocycles. The number of amides is 1. The maximum absolute atomic E-state index is 12.2. The average molecular weight is 346 g/mol. The second-order valence-electron chi connectivity index (χ2n) is 8.23. The molecule has 2 rings (SSSR count). The van der Waals surface area contributed by atoms with Gasteiger partial charge in [-0.2, -0.15) is 0 Å². The van der Waals surface area contributed by atoms with Crippen LogP contribution >= 0.6 is 0 Å². The van der Waals surface area contributed by atoms with Crippen LogP contribution in [-0.2, 0) is 11.3 Å². The molecule has 1 N–H and O–H groups in total. The van der Waals surface area contributed by atoms with Crippen molar-refractivity contribution in [3.05, 3.63) is 35.4 Å². The maximum atomic E-state index is 12.2. The van der Waals surface area contributed by atoms with Crippen LogP contribution < -0.4 is 5.32 Å². The summed E-state index contributed by atoms with van der Waals surface area (Å²) in [4.78, 5) is 16.9. The van der Waals surface area contributed by atoms with Gasteiger partial charge < -0.3 is 5.32 Å². The average Bonchev–Trinajstić information content (AvgIpc) is 2.56. The van der Waals surface area contributed by atoms with Crippen molar-refractivity contribution in [3.8, 4) is 0 Å².